The summed E-state index contributed by atoms with van der Waals surface area (Å²) in [6.07, 6.45) is 1.65. The van der Waals surface area contributed by atoms with Crippen molar-refractivity contribution < 1.29 is 18.7 Å². The number of likely N-dealkylation sites (tertiary alicyclic amines) is 1. The Kier molecular flexibility index (Phi) is 7.73. The average molecular weight is 488 g/mol. The molecular weight excluding hydrogens is 457 g/mol. The maximum absolute atomic E-state index is 13.3. The standard InChI is InChI=1S/C26H31ClFN3O3/c1-29-14-16-30(17-15-29)24(32)18-26(19-34-21-8-6-20(28)7-9-21)10-12-31(13-11-26)25(33)22-4-2-3-5-23(22)27/h2-9H,10-19H2,1H3. The molecule has 6 nitrogen and oxygen atoms in total. The molecule has 182 valence electrons. The lowest BCUT2D eigenvalue weighted by Crippen LogP contribution is -2.51. The molecule has 8 heteroatoms. The van der Waals surface area contributed by atoms with Crippen LogP contribution in [0.3, 0.4) is 0 Å². The van der Waals surface area contributed by atoms with Crippen LogP contribution in [0.5, 0.6) is 5.75 Å². The third kappa shape index (κ3) is 5.88. The minimum Gasteiger partial charge on any atom is -0.493 e. The molecule has 0 aromatic heterocycles. The van der Waals surface area contributed by atoms with Crippen LogP contribution >= 0.6 is 11.6 Å². The molecule has 2 saturated heterocycles. The van der Waals surface area contributed by atoms with Crippen LogP contribution in [-0.2, 0) is 4.79 Å². The molecule has 0 N–H and O–H groups in total. The molecule has 2 aromatic rings. The fourth-order valence-corrected chi connectivity index (χ4v) is 4.83. The summed E-state index contributed by atoms with van der Waals surface area (Å²) in [7, 11) is 2.06. The van der Waals surface area contributed by atoms with Gasteiger partial charge in [0.1, 0.15) is 11.6 Å². The summed E-state index contributed by atoms with van der Waals surface area (Å²) in [5, 5.41) is 0.439. The van der Waals surface area contributed by atoms with Crippen molar-refractivity contribution in [1.82, 2.24) is 14.7 Å². The molecule has 2 heterocycles. The zero-order valence-electron chi connectivity index (χ0n) is 19.5. The van der Waals surface area contributed by atoms with E-state index in [2.05, 4.69) is 11.9 Å². The van der Waals surface area contributed by atoms with Crippen LogP contribution in [0.4, 0.5) is 4.39 Å². The summed E-state index contributed by atoms with van der Waals surface area (Å²) in [4.78, 5) is 32.2. The predicted octanol–water partition coefficient (Wildman–Crippen LogP) is 3.94. The number of halogens is 2. The van der Waals surface area contributed by atoms with Crippen LogP contribution in [-0.4, -0.2) is 79.4 Å². The lowest BCUT2D eigenvalue weighted by Gasteiger charge is -2.42. The second kappa shape index (κ2) is 10.7. The van der Waals surface area contributed by atoms with E-state index >= 15 is 0 Å². The number of piperazine rings is 1. The first-order chi connectivity index (χ1) is 16.3. The quantitative estimate of drug-likeness (QED) is 0.619. The van der Waals surface area contributed by atoms with Gasteiger partial charge in [-0.15, -0.1) is 0 Å². The molecule has 0 bridgehead atoms. The van der Waals surface area contributed by atoms with E-state index in [1.165, 1.54) is 12.1 Å². The second-order valence-corrected chi connectivity index (χ2v) is 9.78. The molecule has 2 amide bonds. The van der Waals surface area contributed by atoms with Gasteiger partial charge in [0.15, 0.2) is 0 Å². The van der Waals surface area contributed by atoms with Gasteiger partial charge in [0.2, 0.25) is 5.91 Å². The van der Waals surface area contributed by atoms with Crippen LogP contribution in [0.1, 0.15) is 29.6 Å². The van der Waals surface area contributed by atoms with Crippen molar-refractivity contribution in [1.29, 1.82) is 0 Å². The van der Waals surface area contributed by atoms with Crippen LogP contribution in [0.2, 0.25) is 5.02 Å². The van der Waals surface area contributed by atoms with Gasteiger partial charge in [0.25, 0.3) is 5.91 Å². The Morgan fingerprint density at radius 1 is 0.941 bits per heavy atom. The molecule has 4 rings (SSSR count). The minimum atomic E-state index is -0.397. The Hall–Kier alpha value is -2.64. The number of amides is 2. The lowest BCUT2D eigenvalue weighted by atomic mass is 9.75. The van der Waals surface area contributed by atoms with Crippen molar-refractivity contribution >= 4 is 23.4 Å². The van der Waals surface area contributed by atoms with Crippen LogP contribution in [0, 0.1) is 11.2 Å². The Bertz CT molecular complexity index is 1000. The summed E-state index contributed by atoms with van der Waals surface area (Å²) in [5.41, 5.74) is 0.0965. The van der Waals surface area contributed by atoms with E-state index in [-0.39, 0.29) is 17.6 Å². The second-order valence-electron chi connectivity index (χ2n) is 9.38. The predicted molar refractivity (Wildman–Crippen MR) is 130 cm³/mol. The Morgan fingerprint density at radius 2 is 1.59 bits per heavy atom. The van der Waals surface area contributed by atoms with E-state index in [9.17, 15) is 14.0 Å². The number of benzene rings is 2. The summed E-state index contributed by atoms with van der Waals surface area (Å²) in [6.45, 7) is 4.56. The first-order valence-electron chi connectivity index (χ1n) is 11.7. The van der Waals surface area contributed by atoms with E-state index in [0.29, 0.717) is 55.3 Å². The Balaban J connectivity index is 1.45. The lowest BCUT2D eigenvalue weighted by molar-refractivity contribution is -0.136. The molecule has 2 aliphatic heterocycles. The van der Waals surface area contributed by atoms with E-state index in [1.54, 1.807) is 41.3 Å². The molecule has 0 atom stereocenters. The van der Waals surface area contributed by atoms with Gasteiger partial charge in [-0.05, 0) is 56.3 Å². The monoisotopic (exact) mass is 487 g/mol. The number of piperidine rings is 1. The van der Waals surface area contributed by atoms with Gasteiger partial charge in [-0.1, -0.05) is 23.7 Å². The first kappa shape index (κ1) is 24.5. The molecule has 0 saturated carbocycles. The zero-order valence-corrected chi connectivity index (χ0v) is 20.3. The van der Waals surface area contributed by atoms with Crippen molar-refractivity contribution in [3.63, 3.8) is 0 Å². The van der Waals surface area contributed by atoms with Crippen molar-refractivity contribution in [3.05, 3.63) is 64.9 Å². The number of ether oxygens (including phenoxy) is 1. The third-order valence-electron chi connectivity index (χ3n) is 6.96. The van der Waals surface area contributed by atoms with Gasteiger partial charge in [-0.25, -0.2) is 4.39 Å². The first-order valence-corrected chi connectivity index (χ1v) is 12.1. The molecule has 0 radical (unpaired) electrons. The highest BCUT2D eigenvalue weighted by atomic mass is 35.5. The zero-order chi connectivity index (χ0) is 24.1. The number of rotatable bonds is 6. The highest BCUT2D eigenvalue weighted by molar-refractivity contribution is 6.33. The maximum Gasteiger partial charge on any atom is 0.255 e. The van der Waals surface area contributed by atoms with E-state index < -0.39 is 5.41 Å². The van der Waals surface area contributed by atoms with Crippen molar-refractivity contribution in [2.24, 2.45) is 5.41 Å². The van der Waals surface area contributed by atoms with Crippen molar-refractivity contribution in [2.75, 3.05) is 52.9 Å². The summed E-state index contributed by atoms with van der Waals surface area (Å²) < 4.78 is 19.3. The third-order valence-corrected chi connectivity index (χ3v) is 7.29. The van der Waals surface area contributed by atoms with Gasteiger partial charge in [0.05, 0.1) is 17.2 Å². The molecule has 34 heavy (non-hydrogen) atoms. The fraction of sp³-hybridized carbons (Fsp3) is 0.462. The highest BCUT2D eigenvalue weighted by Gasteiger charge is 2.40. The molecule has 0 spiro atoms. The van der Waals surface area contributed by atoms with Gasteiger partial charge < -0.3 is 19.4 Å². The molecular formula is C26H31ClFN3O3. The van der Waals surface area contributed by atoms with Crippen molar-refractivity contribution in [3.8, 4) is 5.75 Å². The highest BCUT2D eigenvalue weighted by Crippen LogP contribution is 2.37. The fourth-order valence-electron chi connectivity index (χ4n) is 4.62. The topological polar surface area (TPSA) is 53.1 Å². The van der Waals surface area contributed by atoms with E-state index in [1.807, 2.05) is 4.90 Å². The van der Waals surface area contributed by atoms with Gasteiger partial charge >= 0.3 is 0 Å². The smallest absolute Gasteiger partial charge is 0.255 e. The SMILES string of the molecule is CN1CCN(C(=O)CC2(COc3ccc(F)cc3)CCN(C(=O)c3ccccc3Cl)CC2)CC1. The summed E-state index contributed by atoms with van der Waals surface area (Å²) in [6, 6.07) is 13.0. The van der Waals surface area contributed by atoms with E-state index in [0.717, 1.165) is 26.2 Å². The number of carbonyl (C=O) groups is 2. The maximum atomic E-state index is 13.3. The van der Waals surface area contributed by atoms with Crippen LogP contribution < -0.4 is 4.74 Å². The molecule has 0 aliphatic carbocycles. The van der Waals surface area contributed by atoms with Gasteiger partial charge in [0, 0.05) is 51.1 Å². The number of likely N-dealkylation sites (N-methyl/N-ethyl adjacent to an activating group) is 1. The molecule has 2 aromatic carbocycles. The molecule has 2 aliphatic rings. The number of carbonyl (C=O) groups excluding carboxylic acids is 2. The van der Waals surface area contributed by atoms with Gasteiger partial charge in [-0.3, -0.25) is 9.59 Å². The minimum absolute atomic E-state index is 0.0935. The Morgan fingerprint density at radius 3 is 2.24 bits per heavy atom. The molecule has 2 fully saturated rings. The summed E-state index contributed by atoms with van der Waals surface area (Å²) in [5.74, 6) is 0.284. The van der Waals surface area contributed by atoms with Crippen LogP contribution in [0.25, 0.3) is 0 Å². The number of hydrogen-bond acceptors (Lipinski definition) is 4. The molecule has 0 unspecified atom stereocenters. The van der Waals surface area contributed by atoms with Crippen molar-refractivity contribution in [2.45, 2.75) is 19.3 Å². The normalized spacial score (nSPS) is 18.6. The largest absolute Gasteiger partial charge is 0.493 e. The van der Waals surface area contributed by atoms with Gasteiger partial charge in [-0.2, -0.15) is 0 Å². The number of nitrogens with zero attached hydrogens (tertiary/aromatic N) is 3. The van der Waals surface area contributed by atoms with E-state index in [4.69, 9.17) is 16.3 Å². The summed E-state index contributed by atoms with van der Waals surface area (Å²) >= 11 is 6.24. The number of hydrogen-bond donors (Lipinski definition) is 0. The average Bonchev–Trinajstić information content (AvgIpc) is 2.84. The van der Waals surface area contributed by atoms with Crippen LogP contribution in [0.15, 0.2) is 48.5 Å². The Labute approximate surface area is 205 Å².